The van der Waals surface area contributed by atoms with Crippen LogP contribution in [0.3, 0.4) is 0 Å². The summed E-state index contributed by atoms with van der Waals surface area (Å²) in [4.78, 5) is 16.6. The van der Waals surface area contributed by atoms with Crippen molar-refractivity contribution in [3.63, 3.8) is 0 Å². The number of rotatable bonds is 3. The SMILES string of the molecule is Cc1cc(C)n(-c2ccc(NC(=O)c3cnc4cccnn34)cc2)n1. The molecular weight excluding hydrogens is 316 g/mol. The number of carbonyl (C=O) groups excluding carboxylic acids is 1. The Bertz CT molecular complexity index is 1060. The van der Waals surface area contributed by atoms with Gasteiger partial charge in [-0.05, 0) is 56.3 Å². The van der Waals surface area contributed by atoms with E-state index in [1.54, 1.807) is 18.3 Å². The molecule has 0 unspecified atom stereocenters. The number of imidazole rings is 1. The molecule has 1 aromatic carbocycles. The summed E-state index contributed by atoms with van der Waals surface area (Å²) in [6.45, 7) is 3.97. The summed E-state index contributed by atoms with van der Waals surface area (Å²) in [5.74, 6) is -0.259. The molecule has 0 atom stereocenters. The Kier molecular flexibility index (Phi) is 3.53. The predicted molar refractivity (Wildman–Crippen MR) is 94.0 cm³/mol. The second-order valence-electron chi connectivity index (χ2n) is 5.78. The lowest BCUT2D eigenvalue weighted by Gasteiger charge is -2.07. The molecule has 0 saturated heterocycles. The second-order valence-corrected chi connectivity index (χ2v) is 5.78. The van der Waals surface area contributed by atoms with Crippen molar-refractivity contribution in [2.24, 2.45) is 0 Å². The number of nitrogens with zero attached hydrogens (tertiary/aromatic N) is 5. The Labute approximate surface area is 143 Å². The van der Waals surface area contributed by atoms with E-state index in [0.717, 1.165) is 17.1 Å². The summed E-state index contributed by atoms with van der Waals surface area (Å²) in [5, 5.41) is 11.5. The fourth-order valence-electron chi connectivity index (χ4n) is 2.76. The molecule has 1 N–H and O–H groups in total. The maximum absolute atomic E-state index is 12.5. The molecule has 0 saturated carbocycles. The molecule has 3 heterocycles. The van der Waals surface area contributed by atoms with Gasteiger partial charge >= 0.3 is 0 Å². The van der Waals surface area contributed by atoms with E-state index in [4.69, 9.17) is 0 Å². The van der Waals surface area contributed by atoms with E-state index < -0.39 is 0 Å². The Morgan fingerprint density at radius 2 is 1.92 bits per heavy atom. The minimum absolute atomic E-state index is 0.259. The topological polar surface area (TPSA) is 77.1 Å². The fourth-order valence-corrected chi connectivity index (χ4v) is 2.76. The van der Waals surface area contributed by atoms with Gasteiger partial charge < -0.3 is 5.32 Å². The van der Waals surface area contributed by atoms with E-state index in [1.807, 2.05) is 48.9 Å². The molecule has 0 aliphatic rings. The van der Waals surface area contributed by atoms with Gasteiger partial charge in [-0.2, -0.15) is 10.2 Å². The second kappa shape index (κ2) is 5.86. The lowest BCUT2D eigenvalue weighted by molar-refractivity contribution is 0.102. The van der Waals surface area contributed by atoms with Crippen molar-refractivity contribution in [3.8, 4) is 5.69 Å². The van der Waals surface area contributed by atoms with Crippen LogP contribution in [-0.2, 0) is 0 Å². The zero-order valence-corrected chi connectivity index (χ0v) is 13.8. The number of hydrogen-bond donors (Lipinski definition) is 1. The molecule has 0 bridgehead atoms. The minimum atomic E-state index is -0.259. The van der Waals surface area contributed by atoms with E-state index in [1.165, 1.54) is 10.7 Å². The summed E-state index contributed by atoms with van der Waals surface area (Å²) in [6, 6.07) is 13.1. The third-order valence-corrected chi connectivity index (χ3v) is 3.89. The third kappa shape index (κ3) is 2.76. The van der Waals surface area contributed by atoms with Gasteiger partial charge in [0.2, 0.25) is 0 Å². The fraction of sp³-hybridized carbons (Fsp3) is 0.111. The van der Waals surface area contributed by atoms with Crippen LogP contribution in [-0.4, -0.2) is 30.3 Å². The van der Waals surface area contributed by atoms with Crippen molar-refractivity contribution >= 4 is 17.2 Å². The van der Waals surface area contributed by atoms with Gasteiger partial charge in [0.15, 0.2) is 11.3 Å². The van der Waals surface area contributed by atoms with E-state index in [9.17, 15) is 4.79 Å². The van der Waals surface area contributed by atoms with Crippen LogP contribution in [0.25, 0.3) is 11.3 Å². The maximum Gasteiger partial charge on any atom is 0.276 e. The van der Waals surface area contributed by atoms with Crippen molar-refractivity contribution in [1.82, 2.24) is 24.4 Å². The van der Waals surface area contributed by atoms with Crippen LogP contribution in [0.5, 0.6) is 0 Å². The van der Waals surface area contributed by atoms with Gasteiger partial charge in [-0.25, -0.2) is 14.2 Å². The lowest BCUT2D eigenvalue weighted by atomic mass is 10.2. The number of carbonyl (C=O) groups is 1. The van der Waals surface area contributed by atoms with E-state index in [-0.39, 0.29) is 5.91 Å². The van der Waals surface area contributed by atoms with Crippen molar-refractivity contribution in [1.29, 1.82) is 0 Å². The third-order valence-electron chi connectivity index (χ3n) is 3.89. The van der Waals surface area contributed by atoms with Gasteiger partial charge in [0.1, 0.15) is 0 Å². The standard InChI is InChI=1S/C18H16N6O/c1-12-10-13(2)23(22-12)15-7-5-14(6-8-15)21-18(25)16-11-19-17-4-3-9-20-24(16)17/h3-11H,1-2H3,(H,21,25). The van der Waals surface area contributed by atoms with Crippen LogP contribution >= 0.6 is 0 Å². The smallest absolute Gasteiger partial charge is 0.276 e. The molecule has 0 aliphatic heterocycles. The number of aromatic nitrogens is 5. The van der Waals surface area contributed by atoms with Crippen LogP contribution in [0.2, 0.25) is 0 Å². The van der Waals surface area contributed by atoms with Gasteiger partial charge in [-0.3, -0.25) is 4.79 Å². The highest BCUT2D eigenvalue weighted by molar-refractivity contribution is 6.03. The number of hydrogen-bond acceptors (Lipinski definition) is 4. The molecule has 0 fully saturated rings. The molecule has 124 valence electrons. The first-order valence-corrected chi connectivity index (χ1v) is 7.85. The molecule has 7 heteroatoms. The molecule has 4 aromatic rings. The van der Waals surface area contributed by atoms with Crippen molar-refractivity contribution in [2.45, 2.75) is 13.8 Å². The molecule has 3 aromatic heterocycles. The molecule has 4 rings (SSSR count). The van der Waals surface area contributed by atoms with E-state index in [2.05, 4.69) is 20.5 Å². The average molecular weight is 332 g/mol. The van der Waals surface area contributed by atoms with Crippen molar-refractivity contribution < 1.29 is 4.79 Å². The van der Waals surface area contributed by atoms with Crippen LogP contribution < -0.4 is 5.32 Å². The first kappa shape index (κ1) is 15.1. The van der Waals surface area contributed by atoms with Crippen LogP contribution in [0.15, 0.2) is 54.9 Å². The molecule has 7 nitrogen and oxygen atoms in total. The minimum Gasteiger partial charge on any atom is -0.321 e. The van der Waals surface area contributed by atoms with Gasteiger partial charge in [-0.15, -0.1) is 0 Å². The highest BCUT2D eigenvalue weighted by Crippen LogP contribution is 2.16. The average Bonchev–Trinajstić information content (AvgIpc) is 3.18. The van der Waals surface area contributed by atoms with Gasteiger partial charge in [-0.1, -0.05) is 0 Å². The summed E-state index contributed by atoms with van der Waals surface area (Å²) in [7, 11) is 0. The monoisotopic (exact) mass is 332 g/mol. The molecular formula is C18H16N6O. The molecule has 25 heavy (non-hydrogen) atoms. The largest absolute Gasteiger partial charge is 0.321 e. The van der Waals surface area contributed by atoms with Crippen LogP contribution in [0.1, 0.15) is 21.9 Å². The molecule has 1 amide bonds. The Hall–Kier alpha value is -3.48. The molecule has 0 spiro atoms. The van der Waals surface area contributed by atoms with Crippen LogP contribution in [0, 0.1) is 13.8 Å². The Morgan fingerprint density at radius 1 is 1.12 bits per heavy atom. The normalized spacial score (nSPS) is 11.0. The summed E-state index contributed by atoms with van der Waals surface area (Å²) in [5.41, 5.74) is 4.69. The number of anilines is 1. The number of benzene rings is 1. The lowest BCUT2D eigenvalue weighted by Crippen LogP contribution is -2.15. The van der Waals surface area contributed by atoms with Crippen molar-refractivity contribution in [3.05, 3.63) is 71.9 Å². The molecule has 0 radical (unpaired) electrons. The van der Waals surface area contributed by atoms with E-state index >= 15 is 0 Å². The molecule has 0 aliphatic carbocycles. The van der Waals surface area contributed by atoms with Crippen molar-refractivity contribution in [2.75, 3.05) is 5.32 Å². The van der Waals surface area contributed by atoms with Gasteiger partial charge in [0.25, 0.3) is 5.91 Å². The number of amides is 1. The van der Waals surface area contributed by atoms with Gasteiger partial charge in [0.05, 0.1) is 17.6 Å². The maximum atomic E-state index is 12.5. The highest BCUT2D eigenvalue weighted by Gasteiger charge is 2.13. The van der Waals surface area contributed by atoms with Gasteiger partial charge in [0, 0.05) is 17.6 Å². The predicted octanol–water partition coefficient (Wildman–Crippen LogP) is 2.78. The summed E-state index contributed by atoms with van der Waals surface area (Å²) in [6.07, 6.45) is 3.14. The zero-order valence-electron chi connectivity index (χ0n) is 13.8. The van der Waals surface area contributed by atoms with E-state index in [0.29, 0.717) is 17.0 Å². The highest BCUT2D eigenvalue weighted by atomic mass is 16.2. The number of aryl methyl sites for hydroxylation is 2. The summed E-state index contributed by atoms with van der Waals surface area (Å²) >= 11 is 0. The first-order chi connectivity index (χ1) is 12.1. The first-order valence-electron chi connectivity index (χ1n) is 7.85. The number of nitrogens with one attached hydrogen (secondary N) is 1. The van der Waals surface area contributed by atoms with Crippen LogP contribution in [0.4, 0.5) is 5.69 Å². The number of fused-ring (bicyclic) bond motifs is 1. The quantitative estimate of drug-likeness (QED) is 0.626. The Balaban J connectivity index is 1.57. The summed E-state index contributed by atoms with van der Waals surface area (Å²) < 4.78 is 3.38. The zero-order chi connectivity index (χ0) is 17.4. The Morgan fingerprint density at radius 3 is 2.64 bits per heavy atom.